The van der Waals surface area contributed by atoms with E-state index < -0.39 is 0 Å². The molecule has 21 heavy (non-hydrogen) atoms. The molecule has 0 aromatic heterocycles. The zero-order valence-corrected chi connectivity index (χ0v) is 13.1. The number of nitrogens with zero attached hydrogens (tertiary/aromatic N) is 2. The molecule has 118 valence electrons. The van der Waals surface area contributed by atoms with E-state index in [2.05, 4.69) is 24.1 Å². The third-order valence-electron chi connectivity index (χ3n) is 3.31. The van der Waals surface area contributed by atoms with Gasteiger partial charge >= 0.3 is 0 Å². The monoisotopic (exact) mass is 295 g/mol. The van der Waals surface area contributed by atoms with Gasteiger partial charge in [-0.25, -0.2) is 0 Å². The van der Waals surface area contributed by atoms with Crippen LogP contribution in [0.2, 0.25) is 0 Å². The van der Waals surface area contributed by atoms with Crippen molar-refractivity contribution in [1.29, 1.82) is 0 Å². The average Bonchev–Trinajstić information content (AvgIpc) is 2.47. The van der Waals surface area contributed by atoms with E-state index in [9.17, 15) is 10.1 Å². The lowest BCUT2D eigenvalue weighted by Crippen LogP contribution is -2.25. The summed E-state index contributed by atoms with van der Waals surface area (Å²) < 4.78 is 5.68. The van der Waals surface area contributed by atoms with E-state index in [0.717, 1.165) is 26.1 Å². The fraction of sp³-hybridized carbons (Fsp3) is 0.600. The number of hydrogen-bond acceptors (Lipinski definition) is 5. The van der Waals surface area contributed by atoms with Crippen LogP contribution < -0.4 is 10.1 Å². The highest BCUT2D eigenvalue weighted by Gasteiger charge is 2.13. The van der Waals surface area contributed by atoms with Crippen molar-refractivity contribution in [3.05, 3.63) is 28.3 Å². The standard InChI is InChI=1S/C15H25N3O3/c1-4-16-14-12-13(8-9-15(14)18(19)20)21-11-7-10-17(5-2)6-3/h8-9,12,16H,4-7,10-11H2,1-3H3. The molecule has 1 N–H and O–H groups in total. The van der Waals surface area contributed by atoms with Crippen molar-refractivity contribution in [3.63, 3.8) is 0 Å². The van der Waals surface area contributed by atoms with Gasteiger partial charge in [-0.3, -0.25) is 10.1 Å². The number of ether oxygens (including phenoxy) is 1. The number of nitrogens with one attached hydrogen (secondary N) is 1. The quantitative estimate of drug-likeness (QED) is 0.408. The topological polar surface area (TPSA) is 67.6 Å². The van der Waals surface area contributed by atoms with Crippen molar-refractivity contribution < 1.29 is 9.66 Å². The first-order chi connectivity index (χ1) is 10.1. The van der Waals surface area contributed by atoms with Crippen molar-refractivity contribution in [1.82, 2.24) is 4.90 Å². The van der Waals surface area contributed by atoms with Crippen molar-refractivity contribution >= 4 is 11.4 Å². The molecule has 0 fully saturated rings. The summed E-state index contributed by atoms with van der Waals surface area (Å²) in [6.07, 6.45) is 0.940. The predicted octanol–water partition coefficient (Wildman–Crippen LogP) is 3.14. The number of anilines is 1. The van der Waals surface area contributed by atoms with Crippen LogP contribution in [0.1, 0.15) is 27.2 Å². The minimum absolute atomic E-state index is 0.0762. The molecule has 0 heterocycles. The van der Waals surface area contributed by atoms with Gasteiger partial charge in [0.1, 0.15) is 11.4 Å². The first kappa shape index (κ1) is 17.2. The van der Waals surface area contributed by atoms with Gasteiger partial charge in [0.05, 0.1) is 11.5 Å². The lowest BCUT2D eigenvalue weighted by Gasteiger charge is -2.17. The Morgan fingerprint density at radius 1 is 1.29 bits per heavy atom. The fourth-order valence-corrected chi connectivity index (χ4v) is 2.11. The molecule has 0 spiro atoms. The largest absolute Gasteiger partial charge is 0.493 e. The Bertz CT molecular complexity index is 448. The normalized spacial score (nSPS) is 10.7. The molecule has 0 aliphatic heterocycles. The van der Waals surface area contributed by atoms with E-state index >= 15 is 0 Å². The average molecular weight is 295 g/mol. The maximum Gasteiger partial charge on any atom is 0.292 e. The van der Waals surface area contributed by atoms with Gasteiger partial charge in [-0.05, 0) is 32.5 Å². The molecule has 0 saturated heterocycles. The fourth-order valence-electron chi connectivity index (χ4n) is 2.11. The lowest BCUT2D eigenvalue weighted by atomic mass is 10.2. The Balaban J connectivity index is 2.56. The minimum atomic E-state index is -0.387. The molecule has 0 aliphatic carbocycles. The van der Waals surface area contributed by atoms with Gasteiger partial charge in [0.2, 0.25) is 0 Å². The van der Waals surface area contributed by atoms with E-state index in [-0.39, 0.29) is 10.6 Å². The highest BCUT2D eigenvalue weighted by Crippen LogP contribution is 2.28. The molecule has 0 saturated carbocycles. The SMILES string of the molecule is CCNc1cc(OCCCN(CC)CC)ccc1[N+](=O)[O-]. The second kappa shape index (κ2) is 9.18. The van der Waals surface area contributed by atoms with Gasteiger partial charge in [0.15, 0.2) is 0 Å². The van der Waals surface area contributed by atoms with Crippen molar-refractivity contribution in [3.8, 4) is 5.75 Å². The van der Waals surface area contributed by atoms with Gasteiger partial charge < -0.3 is 15.0 Å². The molecule has 0 radical (unpaired) electrons. The Labute approximate surface area is 126 Å². The van der Waals surface area contributed by atoms with Gasteiger partial charge in [0.25, 0.3) is 5.69 Å². The Hall–Kier alpha value is -1.82. The third kappa shape index (κ3) is 5.59. The summed E-state index contributed by atoms with van der Waals surface area (Å²) in [5.41, 5.74) is 0.580. The van der Waals surface area contributed by atoms with Crippen LogP contribution in [0.25, 0.3) is 0 Å². The number of hydrogen-bond donors (Lipinski definition) is 1. The summed E-state index contributed by atoms with van der Waals surface area (Å²) in [6, 6.07) is 4.83. The Morgan fingerprint density at radius 3 is 2.57 bits per heavy atom. The maximum atomic E-state index is 10.9. The molecule has 0 aliphatic rings. The van der Waals surface area contributed by atoms with Crippen LogP contribution in [0, 0.1) is 10.1 Å². The van der Waals surface area contributed by atoms with Gasteiger partial charge in [0, 0.05) is 25.2 Å². The summed E-state index contributed by atoms with van der Waals surface area (Å²) in [4.78, 5) is 12.9. The molecule has 1 aromatic rings. The summed E-state index contributed by atoms with van der Waals surface area (Å²) in [5, 5.41) is 13.9. The minimum Gasteiger partial charge on any atom is -0.493 e. The first-order valence-electron chi connectivity index (χ1n) is 7.49. The van der Waals surface area contributed by atoms with Crippen LogP contribution in [-0.4, -0.2) is 42.6 Å². The highest BCUT2D eigenvalue weighted by molar-refractivity contribution is 5.64. The highest BCUT2D eigenvalue weighted by atomic mass is 16.6. The zero-order chi connectivity index (χ0) is 15.7. The second-order valence-corrected chi connectivity index (χ2v) is 4.70. The molecule has 6 heteroatoms. The van der Waals surface area contributed by atoms with Gasteiger partial charge in [-0.2, -0.15) is 0 Å². The molecule has 0 amide bonds. The molecule has 0 atom stereocenters. The molecule has 0 bridgehead atoms. The summed E-state index contributed by atoms with van der Waals surface area (Å²) >= 11 is 0. The maximum absolute atomic E-state index is 10.9. The summed E-state index contributed by atoms with van der Waals surface area (Å²) in [6.45, 7) is 10.5. The van der Waals surface area contributed by atoms with E-state index in [0.29, 0.717) is 24.6 Å². The van der Waals surface area contributed by atoms with Crippen molar-refractivity contribution in [2.24, 2.45) is 0 Å². The molecular weight excluding hydrogens is 270 g/mol. The number of nitro groups is 1. The first-order valence-corrected chi connectivity index (χ1v) is 7.49. The van der Waals surface area contributed by atoms with Crippen molar-refractivity contribution in [2.75, 3.05) is 38.1 Å². The van der Waals surface area contributed by atoms with E-state index in [4.69, 9.17) is 4.74 Å². The summed E-state index contributed by atoms with van der Waals surface area (Å²) in [7, 11) is 0. The van der Waals surface area contributed by atoms with Crippen LogP contribution in [-0.2, 0) is 0 Å². The van der Waals surface area contributed by atoms with E-state index in [1.54, 1.807) is 12.1 Å². The lowest BCUT2D eigenvalue weighted by molar-refractivity contribution is -0.384. The van der Waals surface area contributed by atoms with Crippen LogP contribution in [0.4, 0.5) is 11.4 Å². The summed E-state index contributed by atoms with van der Waals surface area (Å²) in [5.74, 6) is 0.663. The molecule has 1 aromatic carbocycles. The molecule has 6 nitrogen and oxygen atoms in total. The van der Waals surface area contributed by atoms with E-state index in [1.807, 2.05) is 6.92 Å². The van der Waals surface area contributed by atoms with Crippen LogP contribution in [0.3, 0.4) is 0 Å². The van der Waals surface area contributed by atoms with Crippen LogP contribution >= 0.6 is 0 Å². The zero-order valence-electron chi connectivity index (χ0n) is 13.1. The van der Waals surface area contributed by atoms with Gasteiger partial charge in [-0.15, -0.1) is 0 Å². The Morgan fingerprint density at radius 2 is 2.00 bits per heavy atom. The number of nitro benzene ring substituents is 1. The Kier molecular flexibility index (Phi) is 7.53. The molecular formula is C15H25N3O3. The molecule has 1 rings (SSSR count). The van der Waals surface area contributed by atoms with Crippen LogP contribution in [0.5, 0.6) is 5.75 Å². The number of benzene rings is 1. The van der Waals surface area contributed by atoms with Gasteiger partial charge in [-0.1, -0.05) is 13.8 Å². The predicted molar refractivity (Wildman–Crippen MR) is 85.2 cm³/mol. The third-order valence-corrected chi connectivity index (χ3v) is 3.31. The van der Waals surface area contributed by atoms with E-state index in [1.165, 1.54) is 6.07 Å². The van der Waals surface area contributed by atoms with Crippen molar-refractivity contribution in [2.45, 2.75) is 27.2 Å². The molecule has 0 unspecified atom stereocenters. The number of rotatable bonds is 10. The smallest absolute Gasteiger partial charge is 0.292 e. The van der Waals surface area contributed by atoms with Crippen LogP contribution in [0.15, 0.2) is 18.2 Å². The second-order valence-electron chi connectivity index (χ2n) is 4.70.